The topological polar surface area (TPSA) is 27.0 Å². The molecule has 0 saturated carbocycles. The van der Waals surface area contributed by atoms with Crippen LogP contribution in [0.5, 0.6) is 0 Å². The first-order valence-electron chi connectivity index (χ1n) is 6.81. The van der Waals surface area contributed by atoms with E-state index in [2.05, 4.69) is 23.1 Å². The van der Waals surface area contributed by atoms with Crippen LogP contribution < -0.4 is 4.90 Å². The van der Waals surface area contributed by atoms with Gasteiger partial charge in [-0.05, 0) is 36.4 Å². The minimum Gasteiger partial charge on any atom is -0.334 e. The van der Waals surface area contributed by atoms with Gasteiger partial charge in [0.05, 0.1) is 0 Å². The molecule has 2 aromatic carbocycles. The number of allylic oxidation sites excluding steroid dienone is 1. The number of para-hydroxylation sites is 1. The molecule has 1 saturated heterocycles. The van der Waals surface area contributed by atoms with Gasteiger partial charge in [-0.3, -0.25) is 0 Å². The fourth-order valence-electron chi connectivity index (χ4n) is 2.19. The van der Waals surface area contributed by atoms with Crippen LogP contribution in [0.4, 0.5) is 5.69 Å². The van der Waals surface area contributed by atoms with Gasteiger partial charge in [0, 0.05) is 27.9 Å². The molecule has 1 heterocycles. The molecule has 0 aromatic heterocycles. The van der Waals surface area contributed by atoms with Crippen LogP contribution in [0.3, 0.4) is 0 Å². The first-order chi connectivity index (χ1) is 10.8. The van der Waals surface area contributed by atoms with Crippen molar-refractivity contribution < 1.29 is 0 Å². The molecular weight excluding hydrogens is 332 g/mol. The number of anilines is 1. The van der Waals surface area contributed by atoms with Crippen LogP contribution >= 0.6 is 35.1 Å². The van der Waals surface area contributed by atoms with Crippen molar-refractivity contribution in [2.24, 2.45) is 0 Å². The number of rotatable bonds is 3. The van der Waals surface area contributed by atoms with Gasteiger partial charge in [0.2, 0.25) is 0 Å². The second-order valence-electron chi connectivity index (χ2n) is 4.64. The van der Waals surface area contributed by atoms with Crippen molar-refractivity contribution in [2.75, 3.05) is 17.2 Å². The third-order valence-corrected chi connectivity index (χ3v) is 5.66. The maximum atomic E-state index is 9.57. The number of halogens is 1. The largest absolute Gasteiger partial charge is 0.334 e. The molecule has 0 bridgehead atoms. The van der Waals surface area contributed by atoms with Gasteiger partial charge in [-0.1, -0.05) is 41.6 Å². The smallest absolute Gasteiger partial charge is 0.120 e. The summed E-state index contributed by atoms with van der Waals surface area (Å²) < 4.78 is 0. The Bertz CT molecular complexity index is 721. The number of hydrogen-bond acceptors (Lipinski definition) is 4. The SMILES string of the molecule is N#CC(Sc1ccc(Cl)cc1)=C1SCCN1c1ccccc1. The van der Waals surface area contributed by atoms with E-state index in [-0.39, 0.29) is 0 Å². The third-order valence-electron chi connectivity index (χ3n) is 3.20. The van der Waals surface area contributed by atoms with Crippen LogP contribution in [-0.4, -0.2) is 12.3 Å². The maximum Gasteiger partial charge on any atom is 0.120 e. The molecule has 0 aliphatic carbocycles. The van der Waals surface area contributed by atoms with Crippen LogP contribution in [0.2, 0.25) is 5.02 Å². The third kappa shape index (κ3) is 3.44. The van der Waals surface area contributed by atoms with E-state index in [4.69, 9.17) is 11.6 Å². The van der Waals surface area contributed by atoms with Crippen LogP contribution in [0, 0.1) is 11.3 Å². The molecule has 0 unspecified atom stereocenters. The quantitative estimate of drug-likeness (QED) is 0.552. The first kappa shape index (κ1) is 15.4. The van der Waals surface area contributed by atoms with Crippen LogP contribution in [0.15, 0.2) is 69.4 Å². The fourth-order valence-corrected chi connectivity index (χ4v) is 4.37. The van der Waals surface area contributed by atoms with Crippen molar-refractivity contribution in [2.45, 2.75) is 4.90 Å². The van der Waals surface area contributed by atoms with Crippen molar-refractivity contribution in [1.82, 2.24) is 0 Å². The molecule has 1 fully saturated rings. The average molecular weight is 345 g/mol. The molecule has 22 heavy (non-hydrogen) atoms. The van der Waals surface area contributed by atoms with Gasteiger partial charge in [0.25, 0.3) is 0 Å². The molecule has 0 amide bonds. The van der Waals surface area contributed by atoms with E-state index in [9.17, 15) is 5.26 Å². The Morgan fingerprint density at radius 2 is 1.86 bits per heavy atom. The van der Waals surface area contributed by atoms with Gasteiger partial charge >= 0.3 is 0 Å². The molecular formula is C17H13ClN2S2. The Balaban J connectivity index is 1.91. The van der Waals surface area contributed by atoms with Gasteiger partial charge in [-0.2, -0.15) is 5.26 Å². The normalized spacial score (nSPS) is 16.5. The summed E-state index contributed by atoms with van der Waals surface area (Å²) in [4.78, 5) is 3.97. The zero-order valence-electron chi connectivity index (χ0n) is 11.7. The van der Waals surface area contributed by atoms with Crippen molar-refractivity contribution in [3.05, 3.63) is 69.6 Å². The van der Waals surface area contributed by atoms with Crippen molar-refractivity contribution in [1.29, 1.82) is 5.26 Å². The molecule has 0 atom stereocenters. The van der Waals surface area contributed by atoms with Crippen molar-refractivity contribution in [3.8, 4) is 6.07 Å². The molecule has 110 valence electrons. The van der Waals surface area contributed by atoms with E-state index in [0.717, 1.165) is 32.8 Å². The number of thioether (sulfide) groups is 2. The summed E-state index contributed by atoms with van der Waals surface area (Å²) >= 11 is 9.14. The van der Waals surface area contributed by atoms with Crippen LogP contribution in [-0.2, 0) is 0 Å². The van der Waals surface area contributed by atoms with E-state index in [0.29, 0.717) is 5.02 Å². The van der Waals surface area contributed by atoms with E-state index in [1.165, 1.54) is 11.8 Å². The van der Waals surface area contributed by atoms with Gasteiger partial charge in [-0.25, -0.2) is 0 Å². The zero-order chi connectivity index (χ0) is 15.4. The van der Waals surface area contributed by atoms with E-state index >= 15 is 0 Å². The lowest BCUT2D eigenvalue weighted by atomic mass is 10.3. The number of hydrogen-bond donors (Lipinski definition) is 0. The first-order valence-corrected chi connectivity index (χ1v) is 8.99. The number of nitrogens with zero attached hydrogens (tertiary/aromatic N) is 2. The summed E-state index contributed by atoms with van der Waals surface area (Å²) in [6.07, 6.45) is 0. The standard InChI is InChI=1S/C17H13ClN2S2/c18-13-6-8-15(9-7-13)22-16(12-19)17-20(10-11-21-17)14-4-2-1-3-5-14/h1-9H,10-11H2. The predicted molar refractivity (Wildman–Crippen MR) is 96.2 cm³/mol. The lowest BCUT2D eigenvalue weighted by Crippen LogP contribution is -2.17. The van der Waals surface area contributed by atoms with E-state index in [1.807, 2.05) is 42.5 Å². The fraction of sp³-hybridized carbons (Fsp3) is 0.118. The molecule has 0 radical (unpaired) electrons. The molecule has 2 nitrogen and oxygen atoms in total. The second kappa shape index (κ2) is 7.15. The molecule has 0 spiro atoms. The minimum atomic E-state index is 0.705. The summed E-state index contributed by atoms with van der Waals surface area (Å²) in [5.74, 6) is 0.997. The Labute approximate surface area is 143 Å². The molecule has 5 heteroatoms. The highest BCUT2D eigenvalue weighted by Gasteiger charge is 2.23. The minimum absolute atomic E-state index is 0.705. The lowest BCUT2D eigenvalue weighted by molar-refractivity contribution is 1.05. The highest BCUT2D eigenvalue weighted by atomic mass is 35.5. The molecule has 1 aliphatic rings. The highest BCUT2D eigenvalue weighted by molar-refractivity contribution is 8.07. The number of nitriles is 1. The Morgan fingerprint density at radius 3 is 2.55 bits per heavy atom. The van der Waals surface area contributed by atoms with E-state index in [1.54, 1.807) is 11.8 Å². The number of benzene rings is 2. The van der Waals surface area contributed by atoms with Gasteiger partial charge in [0.1, 0.15) is 16.0 Å². The monoisotopic (exact) mass is 344 g/mol. The Hall–Kier alpha value is -1.54. The molecule has 0 N–H and O–H groups in total. The average Bonchev–Trinajstić information content (AvgIpc) is 3.04. The second-order valence-corrected chi connectivity index (χ2v) is 7.24. The van der Waals surface area contributed by atoms with Crippen LogP contribution in [0.25, 0.3) is 0 Å². The maximum absolute atomic E-state index is 9.57. The molecule has 2 aromatic rings. The summed E-state index contributed by atoms with van der Waals surface area (Å²) in [6.45, 7) is 0.927. The molecule has 1 aliphatic heterocycles. The summed E-state index contributed by atoms with van der Waals surface area (Å²) in [5.41, 5.74) is 1.13. The summed E-state index contributed by atoms with van der Waals surface area (Å²) in [5, 5.41) is 11.3. The van der Waals surface area contributed by atoms with Gasteiger partial charge in [0.15, 0.2) is 0 Å². The summed E-state index contributed by atoms with van der Waals surface area (Å²) in [6, 6.07) is 20.1. The van der Waals surface area contributed by atoms with E-state index < -0.39 is 0 Å². The lowest BCUT2D eigenvalue weighted by Gasteiger charge is -2.20. The Kier molecular flexibility index (Phi) is 4.99. The van der Waals surface area contributed by atoms with Crippen molar-refractivity contribution in [3.63, 3.8) is 0 Å². The highest BCUT2D eigenvalue weighted by Crippen LogP contribution is 2.40. The van der Waals surface area contributed by atoms with Gasteiger partial charge < -0.3 is 4.90 Å². The Morgan fingerprint density at radius 1 is 1.14 bits per heavy atom. The summed E-state index contributed by atoms with van der Waals surface area (Å²) in [7, 11) is 0. The van der Waals surface area contributed by atoms with Crippen LogP contribution in [0.1, 0.15) is 0 Å². The molecule has 3 rings (SSSR count). The zero-order valence-corrected chi connectivity index (χ0v) is 14.1. The van der Waals surface area contributed by atoms with Gasteiger partial charge in [-0.15, -0.1) is 11.8 Å². The predicted octanol–water partition coefficient (Wildman–Crippen LogP) is 5.38. The van der Waals surface area contributed by atoms with Crippen molar-refractivity contribution >= 4 is 40.8 Å².